The molecule has 7 nitrogen and oxygen atoms in total. The number of imide groups is 1. The number of amides is 2. The van der Waals surface area contributed by atoms with E-state index in [1.165, 1.54) is 36.4 Å². The number of hydrogen-bond acceptors (Lipinski definition) is 5. The number of carbonyl (C=O) groups excluding carboxylic acids is 2. The summed E-state index contributed by atoms with van der Waals surface area (Å²) in [6.45, 7) is 0.111. The van der Waals surface area contributed by atoms with Gasteiger partial charge in [0.1, 0.15) is 12.6 Å². The lowest BCUT2D eigenvalue weighted by Gasteiger charge is -2.18. The molecule has 126 valence electrons. The van der Waals surface area contributed by atoms with Crippen molar-refractivity contribution in [2.75, 3.05) is 6.61 Å². The van der Waals surface area contributed by atoms with E-state index in [1.54, 1.807) is 0 Å². The fourth-order valence-electron chi connectivity index (χ4n) is 2.54. The largest absolute Gasteiger partial charge is 0.446 e. The van der Waals surface area contributed by atoms with Crippen molar-refractivity contribution in [1.29, 1.82) is 0 Å². The summed E-state index contributed by atoms with van der Waals surface area (Å²) < 4.78 is 5.01. The zero-order valence-electron chi connectivity index (χ0n) is 13.1. The van der Waals surface area contributed by atoms with E-state index in [4.69, 9.17) is 4.74 Å². The molecule has 1 heterocycles. The minimum atomic E-state index is -0.688. The molecule has 2 aromatic carbocycles. The normalized spacial score (nSPS) is 16.9. The minimum Gasteiger partial charge on any atom is -0.446 e. The maximum absolute atomic E-state index is 12.4. The van der Waals surface area contributed by atoms with Crippen molar-refractivity contribution in [2.24, 2.45) is 0 Å². The first kappa shape index (κ1) is 16.4. The first-order valence-electron chi connectivity index (χ1n) is 7.53. The van der Waals surface area contributed by atoms with Gasteiger partial charge in [0.25, 0.3) is 11.6 Å². The average Bonchev–Trinajstić information content (AvgIpc) is 3.02. The summed E-state index contributed by atoms with van der Waals surface area (Å²) in [4.78, 5) is 35.5. The van der Waals surface area contributed by atoms with E-state index in [0.717, 1.165) is 10.5 Å². The predicted octanol–water partition coefficient (Wildman–Crippen LogP) is 3.33. The summed E-state index contributed by atoms with van der Waals surface area (Å²) in [5, 5.41) is 10.6. The predicted molar refractivity (Wildman–Crippen MR) is 89.5 cm³/mol. The van der Waals surface area contributed by atoms with Gasteiger partial charge in [0, 0.05) is 18.2 Å². The third kappa shape index (κ3) is 3.55. The van der Waals surface area contributed by atoms with E-state index in [9.17, 15) is 19.7 Å². The van der Waals surface area contributed by atoms with E-state index < -0.39 is 23.0 Å². The summed E-state index contributed by atoms with van der Waals surface area (Å²) in [6, 6.07) is 14.4. The number of cyclic esters (lactones) is 1. The fourth-order valence-corrected chi connectivity index (χ4v) is 2.54. The topological polar surface area (TPSA) is 89.8 Å². The lowest BCUT2D eigenvalue weighted by atomic mass is 10.1. The number of nitro benzene ring substituents is 1. The van der Waals surface area contributed by atoms with Crippen LogP contribution in [0.2, 0.25) is 0 Å². The van der Waals surface area contributed by atoms with Gasteiger partial charge in [-0.3, -0.25) is 14.9 Å². The summed E-state index contributed by atoms with van der Waals surface area (Å²) in [6.07, 6.45) is 2.07. The molecule has 0 unspecified atom stereocenters. The molecule has 0 bridgehead atoms. The molecule has 7 heteroatoms. The lowest BCUT2D eigenvalue weighted by Crippen LogP contribution is -2.32. The molecule has 2 amide bonds. The number of nitrogens with zero attached hydrogens (tertiary/aromatic N) is 2. The van der Waals surface area contributed by atoms with Crippen molar-refractivity contribution in [3.05, 3.63) is 81.9 Å². The molecule has 3 rings (SSSR count). The molecule has 1 atom stereocenters. The van der Waals surface area contributed by atoms with E-state index >= 15 is 0 Å². The Bertz CT molecular complexity index is 830. The number of hydrogen-bond donors (Lipinski definition) is 0. The van der Waals surface area contributed by atoms with Gasteiger partial charge < -0.3 is 4.74 Å². The van der Waals surface area contributed by atoms with Crippen molar-refractivity contribution in [3.8, 4) is 0 Å². The van der Waals surface area contributed by atoms with E-state index in [0.29, 0.717) is 5.56 Å². The summed E-state index contributed by atoms with van der Waals surface area (Å²) in [5.41, 5.74) is 1.39. The number of benzene rings is 2. The Morgan fingerprint density at radius 3 is 2.48 bits per heavy atom. The molecule has 1 aliphatic heterocycles. The van der Waals surface area contributed by atoms with Gasteiger partial charge in [0.15, 0.2) is 0 Å². The van der Waals surface area contributed by atoms with Gasteiger partial charge in [-0.05, 0) is 29.3 Å². The maximum atomic E-state index is 12.4. The minimum absolute atomic E-state index is 0.0317. The van der Waals surface area contributed by atoms with Crippen LogP contribution in [0.4, 0.5) is 10.5 Å². The van der Waals surface area contributed by atoms with Crippen LogP contribution >= 0.6 is 0 Å². The Kier molecular flexibility index (Phi) is 4.56. The van der Waals surface area contributed by atoms with Crippen LogP contribution in [-0.2, 0) is 9.53 Å². The van der Waals surface area contributed by atoms with Gasteiger partial charge in [-0.1, -0.05) is 30.3 Å². The molecule has 1 saturated heterocycles. The number of ether oxygens (including phenoxy) is 1. The highest BCUT2D eigenvalue weighted by Gasteiger charge is 2.37. The molecule has 1 aliphatic rings. The highest BCUT2D eigenvalue weighted by atomic mass is 16.6. The van der Waals surface area contributed by atoms with Gasteiger partial charge >= 0.3 is 6.09 Å². The first-order valence-corrected chi connectivity index (χ1v) is 7.53. The SMILES string of the molecule is O=C(/C=C/c1ccc([N+](=O)[O-])cc1)N1C(=O)OC[C@@H]1c1ccccc1. The number of nitro groups is 1. The second kappa shape index (κ2) is 6.96. The van der Waals surface area contributed by atoms with Gasteiger partial charge in [-0.15, -0.1) is 0 Å². The van der Waals surface area contributed by atoms with Crippen molar-refractivity contribution in [1.82, 2.24) is 4.90 Å². The second-order valence-corrected chi connectivity index (χ2v) is 5.39. The molecule has 0 radical (unpaired) electrons. The molecule has 25 heavy (non-hydrogen) atoms. The fraction of sp³-hybridized carbons (Fsp3) is 0.111. The Morgan fingerprint density at radius 2 is 1.84 bits per heavy atom. The zero-order valence-corrected chi connectivity index (χ0v) is 13.1. The van der Waals surface area contributed by atoms with Crippen LogP contribution in [0.5, 0.6) is 0 Å². The van der Waals surface area contributed by atoms with Crippen LogP contribution in [-0.4, -0.2) is 28.4 Å². The zero-order chi connectivity index (χ0) is 17.8. The highest BCUT2D eigenvalue weighted by Crippen LogP contribution is 2.28. The van der Waals surface area contributed by atoms with Crippen LogP contribution in [0.25, 0.3) is 6.08 Å². The summed E-state index contributed by atoms with van der Waals surface area (Å²) >= 11 is 0. The van der Waals surface area contributed by atoms with Gasteiger partial charge in [0.2, 0.25) is 0 Å². The quantitative estimate of drug-likeness (QED) is 0.484. The standard InChI is InChI=1S/C18H14N2O5/c21-17(11-8-13-6-9-15(10-7-13)20(23)24)19-16(12-25-18(19)22)14-4-2-1-3-5-14/h1-11,16H,12H2/b11-8+/t16-/m1/s1. The molecule has 0 aliphatic carbocycles. The highest BCUT2D eigenvalue weighted by molar-refractivity contribution is 6.02. The third-order valence-electron chi connectivity index (χ3n) is 3.82. The number of non-ortho nitro benzene ring substituents is 1. The Balaban J connectivity index is 1.76. The average molecular weight is 338 g/mol. The molecule has 0 N–H and O–H groups in total. The van der Waals surface area contributed by atoms with Crippen LogP contribution in [0.15, 0.2) is 60.7 Å². The summed E-state index contributed by atoms with van der Waals surface area (Å²) in [5.74, 6) is -0.505. The lowest BCUT2D eigenvalue weighted by molar-refractivity contribution is -0.384. The maximum Gasteiger partial charge on any atom is 0.417 e. The van der Waals surface area contributed by atoms with Crippen LogP contribution < -0.4 is 0 Å². The molecular formula is C18H14N2O5. The monoisotopic (exact) mass is 338 g/mol. The van der Waals surface area contributed by atoms with Crippen molar-refractivity contribution in [2.45, 2.75) is 6.04 Å². The van der Waals surface area contributed by atoms with Crippen LogP contribution in [0, 0.1) is 10.1 Å². The second-order valence-electron chi connectivity index (χ2n) is 5.39. The number of rotatable bonds is 4. The number of carbonyl (C=O) groups is 2. The van der Waals surface area contributed by atoms with Crippen LogP contribution in [0.3, 0.4) is 0 Å². The van der Waals surface area contributed by atoms with Crippen molar-refractivity contribution in [3.63, 3.8) is 0 Å². The van der Waals surface area contributed by atoms with Crippen molar-refractivity contribution >= 4 is 23.8 Å². The van der Waals surface area contributed by atoms with Gasteiger partial charge in [0.05, 0.1) is 4.92 Å². The molecule has 1 fully saturated rings. The third-order valence-corrected chi connectivity index (χ3v) is 3.82. The van der Waals surface area contributed by atoms with Gasteiger partial charge in [-0.25, -0.2) is 9.69 Å². The molecular weight excluding hydrogens is 324 g/mol. The van der Waals surface area contributed by atoms with Gasteiger partial charge in [-0.2, -0.15) is 0 Å². The molecule has 2 aromatic rings. The molecule has 0 spiro atoms. The van der Waals surface area contributed by atoms with Crippen LogP contribution in [0.1, 0.15) is 17.2 Å². The van der Waals surface area contributed by atoms with E-state index in [-0.39, 0.29) is 12.3 Å². The van der Waals surface area contributed by atoms with E-state index in [2.05, 4.69) is 0 Å². The Hall–Kier alpha value is -3.48. The molecule has 0 saturated carbocycles. The molecule has 0 aromatic heterocycles. The van der Waals surface area contributed by atoms with E-state index in [1.807, 2.05) is 30.3 Å². The summed E-state index contributed by atoms with van der Waals surface area (Å²) in [7, 11) is 0. The Morgan fingerprint density at radius 1 is 1.16 bits per heavy atom. The Labute approximate surface area is 143 Å². The smallest absolute Gasteiger partial charge is 0.417 e. The first-order chi connectivity index (χ1) is 12.1. The van der Waals surface area contributed by atoms with Crippen molar-refractivity contribution < 1.29 is 19.2 Å².